The van der Waals surface area contributed by atoms with E-state index >= 15 is 0 Å². The summed E-state index contributed by atoms with van der Waals surface area (Å²) in [6, 6.07) is 3.30. The van der Waals surface area contributed by atoms with Gasteiger partial charge in [-0.3, -0.25) is 9.59 Å². The van der Waals surface area contributed by atoms with Crippen molar-refractivity contribution in [2.75, 3.05) is 13.1 Å². The molecule has 1 aromatic carbocycles. The first kappa shape index (κ1) is 14.4. The van der Waals surface area contributed by atoms with E-state index in [0.717, 1.165) is 12.1 Å². The first-order valence-electron chi connectivity index (χ1n) is 6.39. The van der Waals surface area contributed by atoms with Crippen LogP contribution in [0, 0.1) is 17.6 Å². The van der Waals surface area contributed by atoms with Gasteiger partial charge in [-0.1, -0.05) is 6.07 Å². The summed E-state index contributed by atoms with van der Waals surface area (Å²) < 4.78 is 26.4. The van der Waals surface area contributed by atoms with Gasteiger partial charge >= 0.3 is 5.97 Å². The minimum absolute atomic E-state index is 0.286. The molecule has 0 spiro atoms. The summed E-state index contributed by atoms with van der Waals surface area (Å²) in [5, 5.41) is 8.73. The van der Waals surface area contributed by atoms with Crippen LogP contribution in [0.15, 0.2) is 18.2 Å². The molecule has 0 saturated heterocycles. The van der Waals surface area contributed by atoms with Crippen molar-refractivity contribution in [3.05, 3.63) is 35.4 Å². The van der Waals surface area contributed by atoms with Gasteiger partial charge in [0.2, 0.25) is 5.91 Å². The van der Waals surface area contributed by atoms with Gasteiger partial charge in [0, 0.05) is 18.5 Å². The number of nitrogens with zero attached hydrogens (tertiary/aromatic N) is 1. The molecule has 1 aliphatic rings. The molecule has 20 heavy (non-hydrogen) atoms. The standard InChI is InChI=1S/C14H15F2NO3/c1-2-17(7-13(18)19)14(20)11-6-10(11)9-4-3-8(15)5-12(9)16/h3-5,10-11H,2,6-7H2,1H3,(H,18,19). The van der Waals surface area contributed by atoms with E-state index in [1.807, 2.05) is 0 Å². The van der Waals surface area contributed by atoms with Crippen molar-refractivity contribution in [2.45, 2.75) is 19.3 Å². The van der Waals surface area contributed by atoms with Gasteiger partial charge < -0.3 is 10.0 Å². The van der Waals surface area contributed by atoms with Crippen molar-refractivity contribution >= 4 is 11.9 Å². The summed E-state index contributed by atoms with van der Waals surface area (Å²) in [7, 11) is 0. The fraction of sp³-hybridized carbons (Fsp3) is 0.429. The zero-order valence-corrected chi connectivity index (χ0v) is 11.0. The molecule has 2 atom stereocenters. The van der Waals surface area contributed by atoms with Gasteiger partial charge in [0.15, 0.2) is 0 Å². The number of carbonyl (C=O) groups is 2. The molecule has 0 bridgehead atoms. The van der Waals surface area contributed by atoms with Crippen molar-refractivity contribution in [1.29, 1.82) is 0 Å². The lowest BCUT2D eigenvalue weighted by Gasteiger charge is -2.18. The van der Waals surface area contributed by atoms with Crippen molar-refractivity contribution in [3.8, 4) is 0 Å². The topological polar surface area (TPSA) is 57.6 Å². The molecule has 1 aromatic rings. The summed E-state index contributed by atoms with van der Waals surface area (Å²) in [4.78, 5) is 24.0. The summed E-state index contributed by atoms with van der Waals surface area (Å²) in [5.74, 6) is -3.38. The van der Waals surface area contributed by atoms with E-state index in [0.29, 0.717) is 18.5 Å². The molecule has 4 nitrogen and oxygen atoms in total. The van der Waals surface area contributed by atoms with E-state index in [2.05, 4.69) is 0 Å². The van der Waals surface area contributed by atoms with Crippen LogP contribution in [-0.2, 0) is 9.59 Å². The third-order valence-electron chi connectivity index (χ3n) is 3.49. The van der Waals surface area contributed by atoms with Crippen molar-refractivity contribution in [2.24, 2.45) is 5.92 Å². The van der Waals surface area contributed by atoms with Gasteiger partial charge in [0.05, 0.1) is 0 Å². The Labute approximate surface area is 115 Å². The molecule has 1 aliphatic carbocycles. The summed E-state index contributed by atoms with van der Waals surface area (Å²) in [5.41, 5.74) is 0.316. The fourth-order valence-electron chi connectivity index (χ4n) is 2.36. The number of carbonyl (C=O) groups excluding carboxylic acids is 1. The monoisotopic (exact) mass is 283 g/mol. The second kappa shape index (κ2) is 5.56. The Morgan fingerprint density at radius 2 is 2.10 bits per heavy atom. The highest BCUT2D eigenvalue weighted by Gasteiger charge is 2.46. The van der Waals surface area contributed by atoms with Crippen LogP contribution in [0.3, 0.4) is 0 Å². The molecule has 1 saturated carbocycles. The van der Waals surface area contributed by atoms with Crippen molar-refractivity contribution in [1.82, 2.24) is 4.90 Å². The van der Waals surface area contributed by atoms with E-state index in [4.69, 9.17) is 5.11 Å². The SMILES string of the molecule is CCN(CC(=O)O)C(=O)C1CC1c1ccc(F)cc1F. The molecular weight excluding hydrogens is 268 g/mol. The van der Waals surface area contributed by atoms with Gasteiger partial charge in [0.25, 0.3) is 0 Å². The molecule has 0 aliphatic heterocycles. The Bertz CT molecular complexity index is 547. The van der Waals surface area contributed by atoms with Crippen LogP contribution >= 0.6 is 0 Å². The highest BCUT2D eigenvalue weighted by atomic mass is 19.1. The fourth-order valence-corrected chi connectivity index (χ4v) is 2.36. The zero-order chi connectivity index (χ0) is 14.9. The van der Waals surface area contributed by atoms with E-state index in [1.165, 1.54) is 11.0 Å². The number of hydrogen-bond acceptors (Lipinski definition) is 2. The highest BCUT2D eigenvalue weighted by Crippen LogP contribution is 2.49. The van der Waals surface area contributed by atoms with Crippen LogP contribution in [0.4, 0.5) is 8.78 Å². The van der Waals surface area contributed by atoms with E-state index in [-0.39, 0.29) is 18.4 Å². The van der Waals surface area contributed by atoms with E-state index < -0.39 is 23.5 Å². The lowest BCUT2D eigenvalue weighted by Crippen LogP contribution is -2.36. The normalized spacial score (nSPS) is 20.6. The lowest BCUT2D eigenvalue weighted by molar-refractivity contribution is -0.144. The maximum Gasteiger partial charge on any atom is 0.323 e. The number of hydrogen-bond donors (Lipinski definition) is 1. The summed E-state index contributed by atoms with van der Waals surface area (Å²) in [6.45, 7) is 1.63. The zero-order valence-electron chi connectivity index (χ0n) is 11.0. The molecule has 1 fully saturated rings. The van der Waals surface area contributed by atoms with Gasteiger partial charge in [-0.25, -0.2) is 8.78 Å². The van der Waals surface area contributed by atoms with Crippen molar-refractivity contribution < 1.29 is 23.5 Å². The van der Waals surface area contributed by atoms with Crippen LogP contribution in [0.2, 0.25) is 0 Å². The van der Waals surface area contributed by atoms with Crippen LogP contribution in [0.1, 0.15) is 24.8 Å². The molecule has 2 unspecified atom stereocenters. The molecule has 108 valence electrons. The first-order chi connectivity index (χ1) is 9.43. The average molecular weight is 283 g/mol. The van der Waals surface area contributed by atoms with Gasteiger partial charge in [-0.15, -0.1) is 0 Å². The van der Waals surface area contributed by atoms with Crippen LogP contribution < -0.4 is 0 Å². The predicted octanol–water partition coefficient (Wildman–Crippen LogP) is 2.00. The minimum atomic E-state index is -1.08. The van der Waals surface area contributed by atoms with Crippen molar-refractivity contribution in [3.63, 3.8) is 0 Å². The Kier molecular flexibility index (Phi) is 4.01. The van der Waals surface area contributed by atoms with Crippen LogP contribution in [0.5, 0.6) is 0 Å². The Morgan fingerprint density at radius 1 is 1.40 bits per heavy atom. The Hall–Kier alpha value is -1.98. The molecule has 0 radical (unpaired) electrons. The van der Waals surface area contributed by atoms with E-state index in [1.54, 1.807) is 6.92 Å². The second-order valence-corrected chi connectivity index (χ2v) is 4.86. The smallest absolute Gasteiger partial charge is 0.323 e. The number of carboxylic acids is 1. The minimum Gasteiger partial charge on any atom is -0.480 e. The summed E-state index contributed by atoms with van der Waals surface area (Å²) in [6.07, 6.45) is 0.470. The number of benzene rings is 1. The molecule has 0 heterocycles. The maximum absolute atomic E-state index is 13.6. The lowest BCUT2D eigenvalue weighted by atomic mass is 10.1. The predicted molar refractivity (Wildman–Crippen MR) is 67.1 cm³/mol. The van der Waals surface area contributed by atoms with E-state index in [9.17, 15) is 18.4 Å². The molecule has 1 N–H and O–H groups in total. The Morgan fingerprint density at radius 3 is 2.65 bits per heavy atom. The molecule has 2 rings (SSSR count). The quantitative estimate of drug-likeness (QED) is 0.899. The van der Waals surface area contributed by atoms with Gasteiger partial charge in [-0.05, 0) is 30.9 Å². The molecule has 6 heteroatoms. The van der Waals surface area contributed by atoms with Gasteiger partial charge in [0.1, 0.15) is 18.2 Å². The maximum atomic E-state index is 13.6. The number of amides is 1. The second-order valence-electron chi connectivity index (χ2n) is 4.86. The van der Waals surface area contributed by atoms with Crippen LogP contribution in [0.25, 0.3) is 0 Å². The number of rotatable bonds is 5. The number of carboxylic acid groups (broad SMARTS) is 1. The highest BCUT2D eigenvalue weighted by molar-refractivity contribution is 5.86. The van der Waals surface area contributed by atoms with Gasteiger partial charge in [-0.2, -0.15) is 0 Å². The average Bonchev–Trinajstić information content (AvgIpc) is 3.15. The third kappa shape index (κ3) is 2.95. The number of halogens is 2. The third-order valence-corrected chi connectivity index (χ3v) is 3.49. The molecule has 0 aromatic heterocycles. The largest absolute Gasteiger partial charge is 0.480 e. The number of aliphatic carboxylic acids is 1. The molecule has 1 amide bonds. The first-order valence-corrected chi connectivity index (χ1v) is 6.39. The molecular formula is C14H15F2NO3. The Balaban J connectivity index is 2.06. The van der Waals surface area contributed by atoms with Crippen LogP contribution in [-0.4, -0.2) is 35.0 Å². The number of likely N-dealkylation sites (N-methyl/N-ethyl adjacent to an activating group) is 1. The summed E-state index contributed by atoms with van der Waals surface area (Å²) >= 11 is 0.